The molecule has 0 aromatic heterocycles. The fraction of sp³-hybridized carbons (Fsp3) is 1.00. The summed E-state index contributed by atoms with van der Waals surface area (Å²) in [6.45, 7) is 9.63. The van der Waals surface area contributed by atoms with Gasteiger partial charge in [-0.05, 0) is 18.8 Å². The summed E-state index contributed by atoms with van der Waals surface area (Å²) in [5.41, 5.74) is 0.177. The highest BCUT2D eigenvalue weighted by Crippen LogP contribution is 2.21. The van der Waals surface area contributed by atoms with Gasteiger partial charge in [0.15, 0.2) is 0 Å². The van der Waals surface area contributed by atoms with E-state index in [4.69, 9.17) is 9.84 Å². The van der Waals surface area contributed by atoms with Gasteiger partial charge in [-0.1, -0.05) is 20.8 Å². The van der Waals surface area contributed by atoms with Crippen molar-refractivity contribution in [3.8, 4) is 0 Å². The predicted molar refractivity (Wildman–Crippen MR) is 59.4 cm³/mol. The van der Waals surface area contributed by atoms with E-state index in [-0.39, 0.29) is 18.1 Å². The normalized spacial score (nSPS) is 16.7. The first-order valence-corrected chi connectivity index (χ1v) is 5.28. The molecule has 0 amide bonds. The van der Waals surface area contributed by atoms with Crippen LogP contribution in [-0.4, -0.2) is 37.5 Å². The first kappa shape index (κ1) is 13.9. The van der Waals surface area contributed by atoms with Crippen molar-refractivity contribution in [2.45, 2.75) is 46.3 Å². The summed E-state index contributed by atoms with van der Waals surface area (Å²) in [6, 6.07) is 0.338. The molecule has 3 heteroatoms. The molecule has 0 saturated heterocycles. The van der Waals surface area contributed by atoms with Gasteiger partial charge in [-0.2, -0.15) is 0 Å². The highest BCUT2D eigenvalue weighted by Gasteiger charge is 2.23. The number of ether oxygens (including phenoxy) is 1. The predicted octanol–water partition coefficient (Wildman–Crippen LogP) is 1.41. The van der Waals surface area contributed by atoms with Gasteiger partial charge in [0, 0.05) is 26.3 Å². The second kappa shape index (κ2) is 6.38. The SMILES string of the molecule is COC(C)CNC(CCO)C(C)(C)C. The maximum Gasteiger partial charge on any atom is 0.0667 e. The van der Waals surface area contributed by atoms with Crippen LogP contribution in [0.3, 0.4) is 0 Å². The first-order chi connectivity index (χ1) is 6.41. The Bertz CT molecular complexity index is 143. The lowest BCUT2D eigenvalue weighted by Crippen LogP contribution is -2.44. The van der Waals surface area contributed by atoms with E-state index in [0.29, 0.717) is 6.04 Å². The topological polar surface area (TPSA) is 41.5 Å². The molecule has 0 aliphatic heterocycles. The molecule has 0 aromatic rings. The van der Waals surface area contributed by atoms with Gasteiger partial charge < -0.3 is 15.2 Å². The average Bonchev–Trinajstić information content (AvgIpc) is 2.09. The van der Waals surface area contributed by atoms with Crippen molar-refractivity contribution >= 4 is 0 Å². The van der Waals surface area contributed by atoms with Gasteiger partial charge in [-0.3, -0.25) is 0 Å². The van der Waals surface area contributed by atoms with Gasteiger partial charge in [0.05, 0.1) is 6.10 Å². The molecule has 0 radical (unpaired) electrons. The molecule has 0 aliphatic rings. The molecule has 0 spiro atoms. The lowest BCUT2D eigenvalue weighted by molar-refractivity contribution is 0.103. The largest absolute Gasteiger partial charge is 0.396 e. The van der Waals surface area contributed by atoms with Crippen LogP contribution in [0.4, 0.5) is 0 Å². The second-order valence-corrected chi connectivity index (χ2v) is 4.89. The Morgan fingerprint density at radius 2 is 1.93 bits per heavy atom. The van der Waals surface area contributed by atoms with Crippen molar-refractivity contribution in [1.82, 2.24) is 5.32 Å². The number of rotatable bonds is 6. The third-order valence-electron chi connectivity index (χ3n) is 2.52. The molecular weight excluding hydrogens is 178 g/mol. The zero-order valence-corrected chi connectivity index (χ0v) is 10.1. The van der Waals surface area contributed by atoms with Crippen LogP contribution in [0, 0.1) is 5.41 Å². The Balaban J connectivity index is 3.98. The quantitative estimate of drug-likeness (QED) is 0.686. The minimum Gasteiger partial charge on any atom is -0.396 e. The Kier molecular flexibility index (Phi) is 6.33. The first-order valence-electron chi connectivity index (χ1n) is 5.28. The number of aliphatic hydroxyl groups is 1. The standard InChI is InChI=1S/C11H25NO2/c1-9(14-5)8-12-10(6-7-13)11(2,3)4/h9-10,12-13H,6-8H2,1-5H3. The van der Waals surface area contributed by atoms with Crippen molar-refractivity contribution in [3.63, 3.8) is 0 Å². The van der Waals surface area contributed by atoms with Gasteiger partial charge in [-0.25, -0.2) is 0 Å². The number of nitrogens with one attached hydrogen (secondary N) is 1. The minimum atomic E-state index is 0.177. The highest BCUT2D eigenvalue weighted by atomic mass is 16.5. The lowest BCUT2D eigenvalue weighted by atomic mass is 9.85. The number of aliphatic hydroxyl groups excluding tert-OH is 1. The third kappa shape index (κ3) is 5.58. The lowest BCUT2D eigenvalue weighted by Gasteiger charge is -2.32. The van der Waals surface area contributed by atoms with Crippen LogP contribution in [0.25, 0.3) is 0 Å². The molecule has 2 unspecified atom stereocenters. The van der Waals surface area contributed by atoms with Crippen LogP contribution in [0.15, 0.2) is 0 Å². The van der Waals surface area contributed by atoms with E-state index in [1.54, 1.807) is 7.11 Å². The highest BCUT2D eigenvalue weighted by molar-refractivity contribution is 4.80. The van der Waals surface area contributed by atoms with Gasteiger partial charge in [-0.15, -0.1) is 0 Å². The van der Waals surface area contributed by atoms with E-state index in [1.807, 2.05) is 6.92 Å². The summed E-state index contributed by atoms with van der Waals surface area (Å²) in [4.78, 5) is 0. The van der Waals surface area contributed by atoms with Gasteiger partial charge in [0.1, 0.15) is 0 Å². The maximum atomic E-state index is 8.95. The molecule has 86 valence electrons. The average molecular weight is 203 g/mol. The Labute approximate surface area is 87.8 Å². The fourth-order valence-corrected chi connectivity index (χ4v) is 1.36. The molecule has 3 nitrogen and oxygen atoms in total. The molecule has 2 N–H and O–H groups in total. The van der Waals surface area contributed by atoms with Crippen molar-refractivity contribution in [2.75, 3.05) is 20.3 Å². The monoisotopic (exact) mass is 203 g/mol. The molecular formula is C11H25NO2. The van der Waals surface area contributed by atoms with E-state index in [2.05, 4.69) is 26.1 Å². The number of hydrogen-bond acceptors (Lipinski definition) is 3. The molecule has 0 saturated carbocycles. The van der Waals surface area contributed by atoms with Gasteiger partial charge in [0.2, 0.25) is 0 Å². The van der Waals surface area contributed by atoms with Crippen LogP contribution in [0.2, 0.25) is 0 Å². The van der Waals surface area contributed by atoms with E-state index in [1.165, 1.54) is 0 Å². The minimum absolute atomic E-state index is 0.177. The summed E-state index contributed by atoms with van der Waals surface area (Å²) < 4.78 is 5.17. The zero-order chi connectivity index (χ0) is 11.2. The molecule has 0 rings (SSSR count). The van der Waals surface area contributed by atoms with Crippen molar-refractivity contribution in [2.24, 2.45) is 5.41 Å². The smallest absolute Gasteiger partial charge is 0.0667 e. The van der Waals surface area contributed by atoms with Gasteiger partial charge >= 0.3 is 0 Å². The fourth-order valence-electron chi connectivity index (χ4n) is 1.36. The Morgan fingerprint density at radius 1 is 1.36 bits per heavy atom. The summed E-state index contributed by atoms with van der Waals surface area (Å²) in [5, 5.41) is 12.4. The molecule has 14 heavy (non-hydrogen) atoms. The Morgan fingerprint density at radius 3 is 2.29 bits per heavy atom. The number of methoxy groups -OCH3 is 1. The van der Waals surface area contributed by atoms with Crippen molar-refractivity contribution < 1.29 is 9.84 Å². The van der Waals surface area contributed by atoms with E-state index < -0.39 is 0 Å². The summed E-state index contributed by atoms with van der Waals surface area (Å²) in [6.07, 6.45) is 1.01. The molecule has 0 heterocycles. The van der Waals surface area contributed by atoms with Crippen molar-refractivity contribution in [3.05, 3.63) is 0 Å². The molecule has 2 atom stereocenters. The van der Waals surface area contributed by atoms with Crippen LogP contribution in [0.1, 0.15) is 34.1 Å². The van der Waals surface area contributed by atoms with E-state index >= 15 is 0 Å². The van der Waals surface area contributed by atoms with Crippen LogP contribution in [0.5, 0.6) is 0 Å². The third-order valence-corrected chi connectivity index (χ3v) is 2.52. The molecule has 0 aromatic carbocycles. The zero-order valence-electron chi connectivity index (χ0n) is 10.1. The molecule has 0 fully saturated rings. The van der Waals surface area contributed by atoms with Gasteiger partial charge in [0.25, 0.3) is 0 Å². The van der Waals surface area contributed by atoms with E-state index in [0.717, 1.165) is 13.0 Å². The number of hydrogen-bond donors (Lipinski definition) is 2. The summed E-state index contributed by atoms with van der Waals surface area (Å²) in [5.74, 6) is 0. The molecule has 0 bridgehead atoms. The summed E-state index contributed by atoms with van der Waals surface area (Å²) >= 11 is 0. The van der Waals surface area contributed by atoms with Crippen molar-refractivity contribution in [1.29, 1.82) is 0 Å². The Hall–Kier alpha value is -0.120. The van der Waals surface area contributed by atoms with Crippen LogP contribution >= 0.6 is 0 Å². The summed E-state index contributed by atoms with van der Waals surface area (Å²) in [7, 11) is 1.71. The maximum absolute atomic E-state index is 8.95. The van der Waals surface area contributed by atoms with Crippen LogP contribution < -0.4 is 5.32 Å². The van der Waals surface area contributed by atoms with Crippen LogP contribution in [-0.2, 0) is 4.74 Å². The molecule has 0 aliphatic carbocycles. The second-order valence-electron chi connectivity index (χ2n) is 4.89. The van der Waals surface area contributed by atoms with E-state index in [9.17, 15) is 0 Å².